The summed E-state index contributed by atoms with van der Waals surface area (Å²) in [6.07, 6.45) is 3.81. The van der Waals surface area contributed by atoms with Crippen LogP contribution in [0.25, 0.3) is 22.3 Å². The van der Waals surface area contributed by atoms with Crippen molar-refractivity contribution in [3.8, 4) is 11.4 Å². The van der Waals surface area contributed by atoms with Gasteiger partial charge in [-0.3, -0.25) is 9.78 Å². The van der Waals surface area contributed by atoms with Crippen LogP contribution in [0.4, 0.5) is 0 Å². The molecule has 0 radical (unpaired) electrons. The summed E-state index contributed by atoms with van der Waals surface area (Å²) in [4.78, 5) is 22.2. The molecule has 1 saturated heterocycles. The van der Waals surface area contributed by atoms with E-state index >= 15 is 0 Å². The van der Waals surface area contributed by atoms with Gasteiger partial charge in [-0.15, -0.1) is 0 Å². The zero-order valence-corrected chi connectivity index (χ0v) is 16.6. The van der Waals surface area contributed by atoms with E-state index < -0.39 is 0 Å². The average Bonchev–Trinajstić information content (AvgIpc) is 3.23. The molecule has 2 aromatic heterocycles. The number of carbonyl (C=O) groups is 1. The maximum atomic E-state index is 13.1. The number of nitrogens with zero attached hydrogens (tertiary/aromatic N) is 2. The predicted molar refractivity (Wildman–Crippen MR) is 109 cm³/mol. The van der Waals surface area contributed by atoms with Gasteiger partial charge < -0.3 is 10.1 Å². The highest BCUT2D eigenvalue weighted by Gasteiger charge is 2.25. The van der Waals surface area contributed by atoms with E-state index in [1.54, 1.807) is 6.20 Å². The Balaban J connectivity index is 1.75. The Morgan fingerprint density at radius 2 is 2.15 bits per heavy atom. The standard InChI is InChI=1S/C21H20BrN3O2/c1-13(20-6-4-10-27-20)24-21(26)16-12-19(18-5-2-3-9-23-18)25-17-8-7-14(22)11-15(16)17/h2-3,5,7-9,11-13,20H,4,6,10H2,1H3,(H,24,26)/t13-,20-/m1/s1. The van der Waals surface area contributed by atoms with Crippen molar-refractivity contribution in [3.63, 3.8) is 0 Å². The number of fused-ring (bicyclic) bond motifs is 1. The Kier molecular flexibility index (Phi) is 5.18. The first kappa shape index (κ1) is 18.1. The van der Waals surface area contributed by atoms with Crippen LogP contribution in [0.1, 0.15) is 30.1 Å². The molecule has 1 fully saturated rings. The first-order valence-corrected chi connectivity index (χ1v) is 9.85. The molecule has 0 aliphatic carbocycles. The molecule has 1 aliphatic heterocycles. The van der Waals surface area contributed by atoms with Crippen LogP contribution >= 0.6 is 15.9 Å². The Morgan fingerprint density at radius 3 is 2.89 bits per heavy atom. The van der Waals surface area contributed by atoms with Gasteiger partial charge in [0.1, 0.15) is 0 Å². The quantitative estimate of drug-likeness (QED) is 0.674. The van der Waals surface area contributed by atoms with E-state index in [9.17, 15) is 4.79 Å². The minimum absolute atomic E-state index is 0.0475. The lowest BCUT2D eigenvalue weighted by molar-refractivity contribution is 0.0713. The Bertz CT molecular complexity index is 972. The van der Waals surface area contributed by atoms with Crippen LogP contribution in [-0.4, -0.2) is 34.6 Å². The second-order valence-corrected chi connectivity index (χ2v) is 7.66. The molecule has 3 aromatic rings. The van der Waals surface area contributed by atoms with E-state index in [2.05, 4.69) is 26.2 Å². The molecule has 0 bridgehead atoms. The van der Waals surface area contributed by atoms with Crippen molar-refractivity contribution in [3.05, 3.63) is 58.7 Å². The van der Waals surface area contributed by atoms with Crippen molar-refractivity contribution in [1.82, 2.24) is 15.3 Å². The molecule has 5 nitrogen and oxygen atoms in total. The molecule has 1 N–H and O–H groups in total. The van der Waals surface area contributed by atoms with E-state index in [-0.39, 0.29) is 18.1 Å². The first-order chi connectivity index (χ1) is 13.1. The Morgan fingerprint density at radius 1 is 1.26 bits per heavy atom. The van der Waals surface area contributed by atoms with Gasteiger partial charge >= 0.3 is 0 Å². The van der Waals surface area contributed by atoms with Crippen LogP contribution in [0.15, 0.2) is 53.1 Å². The number of hydrogen-bond acceptors (Lipinski definition) is 4. The van der Waals surface area contributed by atoms with Crippen LogP contribution < -0.4 is 5.32 Å². The number of carbonyl (C=O) groups excluding carboxylic acids is 1. The second-order valence-electron chi connectivity index (χ2n) is 6.75. The summed E-state index contributed by atoms with van der Waals surface area (Å²) in [5.41, 5.74) is 2.77. The van der Waals surface area contributed by atoms with Gasteiger partial charge in [-0.05, 0) is 56.2 Å². The fraction of sp³-hybridized carbons (Fsp3) is 0.286. The number of halogens is 1. The van der Waals surface area contributed by atoms with Gasteiger partial charge in [0.05, 0.1) is 34.6 Å². The van der Waals surface area contributed by atoms with Crippen LogP contribution in [0.5, 0.6) is 0 Å². The number of pyridine rings is 2. The summed E-state index contributed by atoms with van der Waals surface area (Å²) < 4.78 is 6.61. The third kappa shape index (κ3) is 3.87. The van der Waals surface area contributed by atoms with Crippen molar-refractivity contribution >= 4 is 32.7 Å². The molecular weight excluding hydrogens is 406 g/mol. The van der Waals surface area contributed by atoms with Gasteiger partial charge in [-0.25, -0.2) is 4.98 Å². The van der Waals surface area contributed by atoms with Crippen molar-refractivity contribution in [2.45, 2.75) is 31.9 Å². The summed E-state index contributed by atoms with van der Waals surface area (Å²) in [6.45, 7) is 2.76. The highest BCUT2D eigenvalue weighted by molar-refractivity contribution is 9.10. The number of rotatable bonds is 4. The molecule has 4 rings (SSSR count). The summed E-state index contributed by atoms with van der Waals surface area (Å²) in [5, 5.41) is 3.91. The SMILES string of the molecule is C[C@@H](NC(=O)c1cc(-c2ccccn2)nc2ccc(Br)cc12)[C@H]1CCCO1. The molecular formula is C21H20BrN3O2. The van der Waals surface area contributed by atoms with Crippen molar-refractivity contribution in [2.75, 3.05) is 6.61 Å². The Hall–Kier alpha value is -2.31. The van der Waals surface area contributed by atoms with E-state index in [4.69, 9.17) is 9.72 Å². The maximum absolute atomic E-state index is 13.1. The molecule has 0 unspecified atom stereocenters. The van der Waals surface area contributed by atoms with E-state index in [1.165, 1.54) is 0 Å². The van der Waals surface area contributed by atoms with Gasteiger partial charge in [-0.2, -0.15) is 0 Å². The summed E-state index contributed by atoms with van der Waals surface area (Å²) in [7, 11) is 0. The Labute approximate surface area is 166 Å². The molecule has 1 amide bonds. The zero-order valence-electron chi connectivity index (χ0n) is 15.0. The van der Waals surface area contributed by atoms with Crippen LogP contribution in [0.2, 0.25) is 0 Å². The van der Waals surface area contributed by atoms with Crippen molar-refractivity contribution in [1.29, 1.82) is 0 Å². The molecule has 27 heavy (non-hydrogen) atoms. The lowest BCUT2D eigenvalue weighted by Gasteiger charge is -2.20. The molecule has 1 aliphatic rings. The molecule has 1 aromatic carbocycles. The number of ether oxygens (including phenoxy) is 1. The predicted octanol–water partition coefficient (Wildman–Crippen LogP) is 4.36. The maximum Gasteiger partial charge on any atom is 0.252 e. The minimum atomic E-state index is -0.124. The third-order valence-electron chi connectivity index (χ3n) is 4.82. The highest BCUT2D eigenvalue weighted by atomic mass is 79.9. The number of amides is 1. The van der Waals surface area contributed by atoms with Crippen molar-refractivity contribution in [2.24, 2.45) is 0 Å². The van der Waals surface area contributed by atoms with Gasteiger partial charge in [0, 0.05) is 22.7 Å². The topological polar surface area (TPSA) is 64.1 Å². The molecule has 138 valence electrons. The lowest BCUT2D eigenvalue weighted by atomic mass is 10.0. The van der Waals surface area contributed by atoms with Crippen molar-refractivity contribution < 1.29 is 9.53 Å². The zero-order chi connectivity index (χ0) is 18.8. The number of benzene rings is 1. The lowest BCUT2D eigenvalue weighted by Crippen LogP contribution is -2.40. The molecule has 3 heterocycles. The fourth-order valence-corrected chi connectivity index (χ4v) is 3.77. The van der Waals surface area contributed by atoms with E-state index in [1.807, 2.05) is 49.4 Å². The van der Waals surface area contributed by atoms with E-state index in [0.717, 1.165) is 40.5 Å². The molecule has 2 atom stereocenters. The largest absolute Gasteiger partial charge is 0.376 e. The van der Waals surface area contributed by atoms with E-state index in [0.29, 0.717) is 11.3 Å². The van der Waals surface area contributed by atoms with Crippen LogP contribution in [-0.2, 0) is 4.74 Å². The van der Waals surface area contributed by atoms with Gasteiger partial charge in [0.15, 0.2) is 0 Å². The fourth-order valence-electron chi connectivity index (χ4n) is 3.41. The highest BCUT2D eigenvalue weighted by Crippen LogP contribution is 2.27. The molecule has 6 heteroatoms. The monoisotopic (exact) mass is 425 g/mol. The van der Waals surface area contributed by atoms with Crippen LogP contribution in [0.3, 0.4) is 0 Å². The van der Waals surface area contributed by atoms with Crippen LogP contribution in [0, 0.1) is 0 Å². The summed E-state index contributed by atoms with van der Waals surface area (Å²) >= 11 is 3.49. The average molecular weight is 426 g/mol. The number of hydrogen-bond donors (Lipinski definition) is 1. The first-order valence-electron chi connectivity index (χ1n) is 9.06. The molecule has 0 spiro atoms. The van der Waals surface area contributed by atoms with Gasteiger partial charge in [-0.1, -0.05) is 22.0 Å². The van der Waals surface area contributed by atoms with Gasteiger partial charge in [0.25, 0.3) is 5.91 Å². The molecule has 0 saturated carbocycles. The normalized spacial score (nSPS) is 17.8. The summed E-state index contributed by atoms with van der Waals surface area (Å²) in [6, 6.07) is 13.2. The second kappa shape index (κ2) is 7.74. The minimum Gasteiger partial charge on any atom is -0.376 e. The third-order valence-corrected chi connectivity index (χ3v) is 5.32. The summed E-state index contributed by atoms with van der Waals surface area (Å²) in [5.74, 6) is -0.124. The number of nitrogens with one attached hydrogen (secondary N) is 1. The van der Waals surface area contributed by atoms with Gasteiger partial charge in [0.2, 0.25) is 0 Å². The number of aromatic nitrogens is 2. The smallest absolute Gasteiger partial charge is 0.252 e.